The number of fused-ring (bicyclic) bond motifs is 1. The van der Waals surface area contributed by atoms with Gasteiger partial charge in [-0.05, 0) is 37.8 Å². The van der Waals surface area contributed by atoms with Gasteiger partial charge in [0.1, 0.15) is 24.4 Å². The second-order valence-electron chi connectivity index (χ2n) is 9.43. The molecule has 0 aromatic heterocycles. The molecule has 4 N–H and O–H groups in total. The first-order chi connectivity index (χ1) is 16.7. The molecule has 3 rings (SSSR count). The molecule has 1 aromatic rings. The summed E-state index contributed by atoms with van der Waals surface area (Å²) in [4.78, 5) is 54.1. The minimum Gasteiger partial charge on any atom is -0.491 e. The quantitative estimate of drug-likeness (QED) is 0.490. The zero-order chi connectivity index (χ0) is 25.5. The van der Waals surface area contributed by atoms with E-state index in [4.69, 9.17) is 4.74 Å². The van der Waals surface area contributed by atoms with Crippen molar-refractivity contribution in [2.75, 3.05) is 19.7 Å². The van der Waals surface area contributed by atoms with Gasteiger partial charge in [0.05, 0.1) is 24.1 Å². The third-order valence-electron chi connectivity index (χ3n) is 6.62. The number of nitrogens with one attached hydrogen (secondary N) is 3. The summed E-state index contributed by atoms with van der Waals surface area (Å²) in [5, 5.41) is 18.1. The largest absolute Gasteiger partial charge is 0.491 e. The first-order valence-corrected chi connectivity index (χ1v) is 12.3. The van der Waals surface area contributed by atoms with Crippen LogP contribution in [0.15, 0.2) is 24.3 Å². The van der Waals surface area contributed by atoms with E-state index in [0.717, 1.165) is 0 Å². The van der Waals surface area contributed by atoms with E-state index in [1.165, 1.54) is 0 Å². The Balaban J connectivity index is 1.89. The summed E-state index contributed by atoms with van der Waals surface area (Å²) in [7, 11) is 0. The molecular weight excluding hydrogens is 452 g/mol. The molecule has 1 saturated heterocycles. The van der Waals surface area contributed by atoms with Gasteiger partial charge in [-0.1, -0.05) is 32.4 Å². The third kappa shape index (κ3) is 6.94. The smallest absolute Gasteiger partial charge is 0.255 e. The summed E-state index contributed by atoms with van der Waals surface area (Å²) in [5.74, 6) is -1.66. The van der Waals surface area contributed by atoms with Crippen LogP contribution in [0.25, 0.3) is 0 Å². The highest BCUT2D eigenvalue weighted by molar-refractivity contribution is 6.01. The summed E-state index contributed by atoms with van der Waals surface area (Å²) >= 11 is 0. The van der Waals surface area contributed by atoms with E-state index < -0.39 is 30.0 Å². The van der Waals surface area contributed by atoms with Crippen molar-refractivity contribution in [1.82, 2.24) is 20.9 Å². The van der Waals surface area contributed by atoms with Crippen LogP contribution < -0.4 is 20.7 Å². The predicted molar refractivity (Wildman–Crippen MR) is 129 cm³/mol. The molecule has 35 heavy (non-hydrogen) atoms. The van der Waals surface area contributed by atoms with Crippen molar-refractivity contribution in [2.45, 2.75) is 70.7 Å². The van der Waals surface area contributed by atoms with Crippen molar-refractivity contribution in [3.05, 3.63) is 29.8 Å². The van der Waals surface area contributed by atoms with Crippen molar-refractivity contribution in [3.8, 4) is 5.75 Å². The number of carbonyl (C=O) groups is 4. The Kier molecular flexibility index (Phi) is 9.08. The summed E-state index contributed by atoms with van der Waals surface area (Å²) in [6.07, 6.45) is 0.867. The number of para-hydroxylation sites is 1. The third-order valence-corrected chi connectivity index (χ3v) is 6.62. The van der Waals surface area contributed by atoms with Crippen LogP contribution in [0.4, 0.5) is 0 Å². The number of ether oxygens (including phenoxy) is 1. The number of nitrogens with zero attached hydrogens (tertiary/aromatic N) is 1. The molecule has 2 heterocycles. The van der Waals surface area contributed by atoms with Crippen LogP contribution in [-0.2, 0) is 14.4 Å². The molecular formula is C25H36N4O6. The average Bonchev–Trinajstić information content (AvgIpc) is 2.85. The molecule has 4 atom stereocenters. The van der Waals surface area contributed by atoms with Crippen LogP contribution in [0, 0.1) is 5.92 Å². The topological polar surface area (TPSA) is 137 Å². The van der Waals surface area contributed by atoms with Crippen LogP contribution >= 0.6 is 0 Å². The fourth-order valence-electron chi connectivity index (χ4n) is 4.19. The first-order valence-electron chi connectivity index (χ1n) is 12.3. The number of carbonyl (C=O) groups excluding carboxylic acids is 4. The molecule has 0 saturated carbocycles. The summed E-state index contributed by atoms with van der Waals surface area (Å²) in [5.41, 5.74) is 0.232. The lowest BCUT2D eigenvalue weighted by Crippen LogP contribution is -2.57. The Bertz CT molecular complexity index is 930. The zero-order valence-electron chi connectivity index (χ0n) is 20.6. The highest BCUT2D eigenvalue weighted by atomic mass is 16.5. The molecule has 192 valence electrons. The maximum atomic E-state index is 13.4. The Hall–Kier alpha value is -3.14. The number of aliphatic hydroxyl groups excluding tert-OH is 1. The van der Waals surface area contributed by atoms with E-state index in [9.17, 15) is 24.3 Å². The van der Waals surface area contributed by atoms with E-state index in [0.29, 0.717) is 38.1 Å². The van der Waals surface area contributed by atoms with Gasteiger partial charge in [0.2, 0.25) is 17.7 Å². The van der Waals surface area contributed by atoms with E-state index >= 15 is 0 Å². The van der Waals surface area contributed by atoms with Gasteiger partial charge in [0.25, 0.3) is 5.91 Å². The van der Waals surface area contributed by atoms with Gasteiger partial charge >= 0.3 is 0 Å². The molecule has 0 spiro atoms. The van der Waals surface area contributed by atoms with Crippen LogP contribution in [0.5, 0.6) is 5.75 Å². The van der Waals surface area contributed by atoms with Gasteiger partial charge in [-0.2, -0.15) is 0 Å². The van der Waals surface area contributed by atoms with Gasteiger partial charge in [0, 0.05) is 13.1 Å². The molecule has 10 nitrogen and oxygen atoms in total. The number of hydrogen-bond acceptors (Lipinski definition) is 6. The van der Waals surface area contributed by atoms with Gasteiger partial charge in [-0.25, -0.2) is 0 Å². The highest BCUT2D eigenvalue weighted by Crippen LogP contribution is 2.20. The predicted octanol–water partition coefficient (Wildman–Crippen LogP) is 0.586. The summed E-state index contributed by atoms with van der Waals surface area (Å²) in [6.45, 7) is 6.47. The molecule has 4 amide bonds. The van der Waals surface area contributed by atoms with Crippen LogP contribution in [0.3, 0.4) is 0 Å². The molecule has 0 radical (unpaired) electrons. The number of rotatable bonds is 4. The van der Waals surface area contributed by atoms with Crippen molar-refractivity contribution in [2.24, 2.45) is 5.92 Å². The Morgan fingerprint density at radius 1 is 1.11 bits per heavy atom. The Morgan fingerprint density at radius 2 is 1.80 bits per heavy atom. The molecule has 0 unspecified atom stereocenters. The molecule has 0 aliphatic carbocycles. The SMILES string of the molecule is CC[C@@H](C)[C@@H]1NC(=O)[C@H](CC(=O)N2CCC(O)CC2)NC(=O)c2ccccc2OC[C@H](C)NC1=O. The lowest BCUT2D eigenvalue weighted by atomic mass is 9.97. The Labute approximate surface area is 205 Å². The second kappa shape index (κ2) is 12.0. The van der Waals surface area contributed by atoms with Crippen LogP contribution in [-0.4, -0.2) is 77.6 Å². The zero-order valence-corrected chi connectivity index (χ0v) is 20.6. The van der Waals surface area contributed by atoms with E-state index in [-0.39, 0.29) is 42.4 Å². The maximum absolute atomic E-state index is 13.4. The van der Waals surface area contributed by atoms with Gasteiger partial charge in [0.15, 0.2) is 0 Å². The fourth-order valence-corrected chi connectivity index (χ4v) is 4.19. The number of amides is 4. The second-order valence-corrected chi connectivity index (χ2v) is 9.43. The average molecular weight is 489 g/mol. The van der Waals surface area contributed by atoms with Crippen molar-refractivity contribution in [1.29, 1.82) is 0 Å². The molecule has 2 aliphatic rings. The standard InChI is InChI=1S/C25H36N4O6/c1-4-15(2)22-25(34)26-16(3)14-35-20-8-6-5-7-18(20)23(32)27-19(24(33)28-22)13-21(31)29-11-9-17(30)10-12-29/h5-8,15-17,19,22,30H,4,9-14H2,1-3H3,(H,26,34)(H,27,32)(H,28,33)/t15-,16+,19+,22+/m1/s1. The van der Waals surface area contributed by atoms with Gasteiger partial charge in [-0.3, -0.25) is 19.2 Å². The lowest BCUT2D eigenvalue weighted by molar-refractivity contribution is -0.137. The fraction of sp³-hybridized carbons (Fsp3) is 0.600. The molecule has 0 bridgehead atoms. The number of benzene rings is 1. The van der Waals surface area contributed by atoms with Crippen molar-refractivity contribution >= 4 is 23.6 Å². The molecule has 10 heteroatoms. The highest BCUT2D eigenvalue weighted by Gasteiger charge is 2.34. The van der Waals surface area contributed by atoms with Gasteiger partial charge < -0.3 is 30.7 Å². The summed E-state index contributed by atoms with van der Waals surface area (Å²) < 4.78 is 5.82. The lowest BCUT2D eigenvalue weighted by Gasteiger charge is -2.31. The monoisotopic (exact) mass is 488 g/mol. The minimum atomic E-state index is -1.19. The van der Waals surface area contributed by atoms with Gasteiger partial charge in [-0.15, -0.1) is 0 Å². The van der Waals surface area contributed by atoms with Crippen LogP contribution in [0.2, 0.25) is 0 Å². The van der Waals surface area contributed by atoms with Crippen molar-refractivity contribution in [3.63, 3.8) is 0 Å². The van der Waals surface area contributed by atoms with E-state index in [2.05, 4.69) is 16.0 Å². The minimum absolute atomic E-state index is 0.139. The molecule has 2 aliphatic heterocycles. The summed E-state index contributed by atoms with van der Waals surface area (Å²) in [6, 6.07) is 4.25. The maximum Gasteiger partial charge on any atom is 0.255 e. The normalized spacial score (nSPS) is 25.4. The number of aliphatic hydroxyl groups is 1. The molecule has 1 aromatic carbocycles. The van der Waals surface area contributed by atoms with Crippen LogP contribution in [0.1, 0.15) is 56.8 Å². The molecule has 1 fully saturated rings. The van der Waals surface area contributed by atoms with E-state index in [1.54, 1.807) is 36.1 Å². The number of piperidine rings is 1. The number of hydrogen-bond donors (Lipinski definition) is 4. The van der Waals surface area contributed by atoms with E-state index in [1.807, 2.05) is 13.8 Å². The first kappa shape index (κ1) is 26.5. The number of likely N-dealkylation sites (tertiary alicyclic amines) is 1. The Morgan fingerprint density at radius 3 is 2.49 bits per heavy atom. The van der Waals surface area contributed by atoms with Crippen molar-refractivity contribution < 1.29 is 29.0 Å².